The van der Waals surface area contributed by atoms with Gasteiger partial charge in [0.05, 0.1) is 23.7 Å². The molecule has 19 heavy (non-hydrogen) atoms. The Morgan fingerprint density at radius 2 is 1.95 bits per heavy atom. The van der Waals surface area contributed by atoms with E-state index in [0.29, 0.717) is 18.6 Å². The van der Waals surface area contributed by atoms with Gasteiger partial charge in [-0.25, -0.2) is 0 Å². The van der Waals surface area contributed by atoms with E-state index in [-0.39, 0.29) is 18.0 Å². The van der Waals surface area contributed by atoms with Crippen LogP contribution in [0.2, 0.25) is 0 Å². The van der Waals surface area contributed by atoms with Crippen molar-refractivity contribution >= 4 is 5.69 Å². The third kappa shape index (κ3) is 3.82. The van der Waals surface area contributed by atoms with Crippen LogP contribution in [0.15, 0.2) is 18.2 Å². The maximum Gasteiger partial charge on any atom is 0.273 e. The van der Waals surface area contributed by atoms with Crippen LogP contribution < -0.4 is 9.47 Å². The van der Waals surface area contributed by atoms with Gasteiger partial charge in [-0.1, -0.05) is 13.8 Å². The molecule has 106 valence electrons. The summed E-state index contributed by atoms with van der Waals surface area (Å²) in [7, 11) is 1.41. The highest BCUT2D eigenvalue weighted by atomic mass is 16.6. The van der Waals surface area contributed by atoms with Gasteiger partial charge < -0.3 is 14.6 Å². The first-order valence-electron chi connectivity index (χ1n) is 6.13. The number of hydrogen-bond acceptors (Lipinski definition) is 5. The summed E-state index contributed by atoms with van der Waals surface area (Å²) in [6.45, 7) is 3.87. The van der Waals surface area contributed by atoms with Crippen molar-refractivity contribution in [1.29, 1.82) is 0 Å². The van der Waals surface area contributed by atoms with E-state index >= 15 is 0 Å². The molecule has 0 aliphatic rings. The minimum absolute atomic E-state index is 0.0644. The van der Waals surface area contributed by atoms with Crippen LogP contribution in [0, 0.1) is 10.1 Å². The van der Waals surface area contributed by atoms with Crippen LogP contribution in [0.3, 0.4) is 0 Å². The molecule has 0 heterocycles. The van der Waals surface area contributed by atoms with Gasteiger partial charge in [0.25, 0.3) is 5.69 Å². The fourth-order valence-electron chi connectivity index (χ4n) is 1.56. The number of rotatable bonds is 7. The molecule has 1 aromatic carbocycles. The Morgan fingerprint density at radius 1 is 1.32 bits per heavy atom. The molecule has 0 aliphatic heterocycles. The number of non-ortho nitro benzene ring substituents is 1. The molecule has 1 rings (SSSR count). The molecule has 0 spiro atoms. The first kappa shape index (κ1) is 15.2. The van der Waals surface area contributed by atoms with E-state index in [0.717, 1.165) is 0 Å². The van der Waals surface area contributed by atoms with Gasteiger partial charge in [-0.3, -0.25) is 10.1 Å². The number of nitro groups is 1. The second-order valence-electron chi connectivity index (χ2n) is 4.31. The standard InChI is InChI=1S/C13H19NO5/c1-4-13(15,5-2)9-19-11-7-6-10(14(16)17)8-12(11)18-3/h6-8,15H,4-5,9H2,1-3H3. The maximum atomic E-state index is 10.7. The van der Waals surface area contributed by atoms with Crippen LogP contribution in [-0.4, -0.2) is 29.3 Å². The minimum atomic E-state index is -0.896. The predicted octanol–water partition coefficient (Wildman–Crippen LogP) is 2.53. The van der Waals surface area contributed by atoms with E-state index in [1.54, 1.807) is 0 Å². The predicted molar refractivity (Wildman–Crippen MR) is 70.7 cm³/mol. The van der Waals surface area contributed by atoms with Crippen molar-refractivity contribution in [2.45, 2.75) is 32.3 Å². The fraction of sp³-hybridized carbons (Fsp3) is 0.538. The minimum Gasteiger partial charge on any atom is -0.493 e. The third-order valence-corrected chi connectivity index (χ3v) is 3.17. The van der Waals surface area contributed by atoms with Crippen molar-refractivity contribution in [3.8, 4) is 11.5 Å². The van der Waals surface area contributed by atoms with Crippen LogP contribution in [0.5, 0.6) is 11.5 Å². The first-order chi connectivity index (χ1) is 8.95. The highest BCUT2D eigenvalue weighted by Gasteiger charge is 2.24. The summed E-state index contributed by atoms with van der Waals surface area (Å²) in [6, 6.07) is 4.11. The zero-order valence-corrected chi connectivity index (χ0v) is 11.4. The fourth-order valence-corrected chi connectivity index (χ4v) is 1.56. The van der Waals surface area contributed by atoms with Gasteiger partial charge in [-0.05, 0) is 18.9 Å². The Labute approximate surface area is 112 Å². The summed E-state index contributed by atoms with van der Waals surface area (Å²) >= 11 is 0. The second-order valence-corrected chi connectivity index (χ2v) is 4.31. The van der Waals surface area contributed by atoms with Gasteiger partial charge in [-0.2, -0.15) is 0 Å². The van der Waals surface area contributed by atoms with Crippen molar-refractivity contribution in [1.82, 2.24) is 0 Å². The van der Waals surface area contributed by atoms with Gasteiger partial charge in [0.15, 0.2) is 11.5 Å². The molecule has 1 aromatic rings. The lowest BCUT2D eigenvalue weighted by molar-refractivity contribution is -0.385. The molecule has 1 N–H and O–H groups in total. The Kier molecular flexibility index (Phi) is 5.11. The van der Waals surface area contributed by atoms with Gasteiger partial charge in [-0.15, -0.1) is 0 Å². The van der Waals surface area contributed by atoms with E-state index in [1.807, 2.05) is 13.8 Å². The number of hydrogen-bond donors (Lipinski definition) is 1. The lowest BCUT2D eigenvalue weighted by atomic mass is 9.99. The van der Waals surface area contributed by atoms with Crippen LogP contribution in [0.25, 0.3) is 0 Å². The van der Waals surface area contributed by atoms with Crippen LogP contribution in [0.1, 0.15) is 26.7 Å². The Bertz CT molecular complexity index is 443. The highest BCUT2D eigenvalue weighted by Crippen LogP contribution is 2.32. The average Bonchev–Trinajstić information content (AvgIpc) is 2.44. The van der Waals surface area contributed by atoms with Crippen molar-refractivity contribution < 1.29 is 19.5 Å². The van der Waals surface area contributed by atoms with Crippen LogP contribution in [0.4, 0.5) is 5.69 Å². The normalized spacial score (nSPS) is 11.2. The smallest absolute Gasteiger partial charge is 0.273 e. The summed E-state index contributed by atoms with van der Waals surface area (Å²) in [4.78, 5) is 10.2. The first-order valence-corrected chi connectivity index (χ1v) is 6.13. The topological polar surface area (TPSA) is 81.8 Å². The number of ether oxygens (including phenoxy) is 2. The molecule has 0 fully saturated rings. The molecule has 0 aliphatic carbocycles. The number of nitro benzene ring substituents is 1. The van der Waals surface area contributed by atoms with Crippen molar-refractivity contribution in [2.24, 2.45) is 0 Å². The molecule has 0 saturated carbocycles. The van der Waals surface area contributed by atoms with Gasteiger partial charge >= 0.3 is 0 Å². The van der Waals surface area contributed by atoms with E-state index in [1.165, 1.54) is 25.3 Å². The summed E-state index contributed by atoms with van der Waals surface area (Å²) < 4.78 is 10.6. The number of nitrogens with zero attached hydrogens (tertiary/aromatic N) is 1. The number of benzene rings is 1. The van der Waals surface area contributed by atoms with E-state index in [2.05, 4.69) is 0 Å². The summed E-state index contributed by atoms with van der Waals surface area (Å²) in [5.41, 5.74) is -0.960. The SMILES string of the molecule is CCC(O)(CC)COc1ccc([N+](=O)[O-])cc1OC. The molecule has 6 nitrogen and oxygen atoms in total. The van der Waals surface area contributed by atoms with Crippen molar-refractivity contribution in [3.63, 3.8) is 0 Å². The zero-order chi connectivity index (χ0) is 14.5. The molecule has 0 atom stereocenters. The number of methoxy groups -OCH3 is 1. The van der Waals surface area contributed by atoms with Gasteiger partial charge in [0.2, 0.25) is 0 Å². The molecule has 0 aromatic heterocycles. The van der Waals surface area contributed by atoms with Gasteiger partial charge in [0, 0.05) is 6.07 Å². The maximum absolute atomic E-state index is 10.7. The molecule has 0 bridgehead atoms. The van der Waals surface area contributed by atoms with E-state index < -0.39 is 10.5 Å². The molecule has 0 unspecified atom stereocenters. The van der Waals surface area contributed by atoms with E-state index in [4.69, 9.17) is 9.47 Å². The lowest BCUT2D eigenvalue weighted by Crippen LogP contribution is -2.34. The monoisotopic (exact) mass is 269 g/mol. The quantitative estimate of drug-likeness (QED) is 0.607. The Morgan fingerprint density at radius 3 is 2.42 bits per heavy atom. The Hall–Kier alpha value is -1.82. The molecule has 0 amide bonds. The molecule has 0 radical (unpaired) electrons. The summed E-state index contributed by atoms with van der Waals surface area (Å²) in [6.07, 6.45) is 1.14. The summed E-state index contributed by atoms with van der Waals surface area (Å²) in [5.74, 6) is 0.664. The average molecular weight is 269 g/mol. The van der Waals surface area contributed by atoms with Crippen molar-refractivity contribution in [2.75, 3.05) is 13.7 Å². The third-order valence-electron chi connectivity index (χ3n) is 3.17. The van der Waals surface area contributed by atoms with Crippen LogP contribution >= 0.6 is 0 Å². The zero-order valence-electron chi connectivity index (χ0n) is 11.4. The van der Waals surface area contributed by atoms with Gasteiger partial charge in [0.1, 0.15) is 6.61 Å². The second kappa shape index (κ2) is 6.38. The van der Waals surface area contributed by atoms with Crippen molar-refractivity contribution in [3.05, 3.63) is 28.3 Å². The molecular formula is C13H19NO5. The van der Waals surface area contributed by atoms with Crippen LogP contribution in [-0.2, 0) is 0 Å². The highest BCUT2D eigenvalue weighted by molar-refractivity contribution is 5.48. The molecule has 0 saturated heterocycles. The molecule has 6 heteroatoms. The lowest BCUT2D eigenvalue weighted by Gasteiger charge is -2.25. The van der Waals surface area contributed by atoms with E-state index in [9.17, 15) is 15.2 Å². The Balaban J connectivity index is 2.87. The number of aliphatic hydroxyl groups is 1. The summed E-state index contributed by atoms with van der Waals surface area (Å²) in [5, 5.41) is 20.8. The molecular weight excluding hydrogens is 250 g/mol. The largest absolute Gasteiger partial charge is 0.493 e.